The third-order valence-electron chi connectivity index (χ3n) is 3.23. The minimum absolute atomic E-state index is 0.238. The fourth-order valence-electron chi connectivity index (χ4n) is 1.52. The molecule has 0 saturated heterocycles. The van der Waals surface area contributed by atoms with E-state index < -0.39 is 5.60 Å². The summed E-state index contributed by atoms with van der Waals surface area (Å²) in [6, 6.07) is 0. The van der Waals surface area contributed by atoms with Crippen molar-refractivity contribution < 1.29 is 9.94 Å². The number of hydroxylamine groups is 1. The monoisotopic (exact) mass is 201 g/mol. The lowest BCUT2D eigenvalue weighted by Crippen LogP contribution is -2.43. The molecule has 0 aliphatic heterocycles. The van der Waals surface area contributed by atoms with E-state index in [-0.39, 0.29) is 5.92 Å². The molecule has 1 aliphatic rings. The van der Waals surface area contributed by atoms with E-state index in [0.29, 0.717) is 12.6 Å². The van der Waals surface area contributed by atoms with Gasteiger partial charge < -0.3 is 5.11 Å². The Morgan fingerprint density at radius 3 is 2.50 bits per heavy atom. The summed E-state index contributed by atoms with van der Waals surface area (Å²) in [6.45, 7) is 6.36. The summed E-state index contributed by atoms with van der Waals surface area (Å²) in [4.78, 5) is 5.48. The van der Waals surface area contributed by atoms with Crippen LogP contribution in [-0.4, -0.2) is 23.4 Å². The van der Waals surface area contributed by atoms with Crippen LogP contribution in [0.1, 0.15) is 46.5 Å². The average molecular weight is 201 g/mol. The van der Waals surface area contributed by atoms with E-state index in [1.165, 1.54) is 12.8 Å². The van der Waals surface area contributed by atoms with Gasteiger partial charge in [-0.1, -0.05) is 26.7 Å². The number of rotatable bonds is 5. The summed E-state index contributed by atoms with van der Waals surface area (Å²) in [6.07, 6.45) is 5.20. The fraction of sp³-hybridized carbons (Fsp3) is 1.00. The molecule has 0 heterocycles. The zero-order valence-corrected chi connectivity index (χ0v) is 9.55. The first-order valence-corrected chi connectivity index (χ1v) is 5.63. The number of aliphatic hydroxyl groups is 1. The first-order valence-electron chi connectivity index (χ1n) is 5.63. The third-order valence-corrected chi connectivity index (χ3v) is 3.23. The summed E-state index contributed by atoms with van der Waals surface area (Å²) in [7, 11) is 0. The van der Waals surface area contributed by atoms with Crippen LogP contribution in [0.5, 0.6) is 0 Å². The molecule has 14 heavy (non-hydrogen) atoms. The van der Waals surface area contributed by atoms with Gasteiger partial charge in [0, 0.05) is 6.54 Å². The van der Waals surface area contributed by atoms with E-state index in [2.05, 4.69) is 5.48 Å². The summed E-state index contributed by atoms with van der Waals surface area (Å²) < 4.78 is 0. The maximum Gasteiger partial charge on any atom is 0.0790 e. The summed E-state index contributed by atoms with van der Waals surface area (Å²) in [5, 5.41) is 9.92. The SMILES string of the molecule is CC(C)C(C)(O)CNOC1CCCC1. The van der Waals surface area contributed by atoms with Crippen LogP contribution in [0.15, 0.2) is 0 Å². The van der Waals surface area contributed by atoms with Gasteiger partial charge in [-0.3, -0.25) is 4.84 Å². The lowest BCUT2D eigenvalue weighted by atomic mass is 9.93. The second kappa shape index (κ2) is 5.10. The Morgan fingerprint density at radius 1 is 1.43 bits per heavy atom. The van der Waals surface area contributed by atoms with Crippen LogP contribution in [-0.2, 0) is 4.84 Å². The molecule has 1 unspecified atom stereocenters. The summed E-state index contributed by atoms with van der Waals surface area (Å²) >= 11 is 0. The maximum absolute atomic E-state index is 9.92. The van der Waals surface area contributed by atoms with E-state index in [4.69, 9.17) is 4.84 Å². The Labute approximate surface area is 86.8 Å². The Bertz CT molecular complexity index is 163. The van der Waals surface area contributed by atoms with Gasteiger partial charge in [0.05, 0.1) is 11.7 Å². The minimum atomic E-state index is -0.682. The van der Waals surface area contributed by atoms with Crippen molar-refractivity contribution in [1.29, 1.82) is 0 Å². The van der Waals surface area contributed by atoms with Gasteiger partial charge >= 0.3 is 0 Å². The zero-order valence-electron chi connectivity index (χ0n) is 9.55. The molecule has 0 spiro atoms. The molecule has 0 aromatic rings. The highest BCUT2D eigenvalue weighted by molar-refractivity contribution is 4.77. The number of hydrogen-bond donors (Lipinski definition) is 2. The maximum atomic E-state index is 9.92. The number of hydrogen-bond acceptors (Lipinski definition) is 3. The second-order valence-corrected chi connectivity index (χ2v) is 4.86. The molecule has 0 amide bonds. The first-order chi connectivity index (χ1) is 6.52. The van der Waals surface area contributed by atoms with Gasteiger partial charge in [-0.2, -0.15) is 5.48 Å². The molecule has 1 rings (SSSR count). The molecule has 1 aliphatic carbocycles. The molecule has 1 atom stereocenters. The van der Waals surface area contributed by atoms with E-state index in [0.717, 1.165) is 12.8 Å². The second-order valence-electron chi connectivity index (χ2n) is 4.86. The standard InChI is InChI=1S/C11H23NO2/c1-9(2)11(3,13)8-12-14-10-6-4-5-7-10/h9-10,12-13H,4-8H2,1-3H3. The van der Waals surface area contributed by atoms with E-state index in [1.807, 2.05) is 20.8 Å². The van der Waals surface area contributed by atoms with Gasteiger partial charge in [-0.15, -0.1) is 0 Å². The van der Waals surface area contributed by atoms with Crippen molar-refractivity contribution in [1.82, 2.24) is 5.48 Å². The van der Waals surface area contributed by atoms with Gasteiger partial charge in [0.15, 0.2) is 0 Å². The average Bonchev–Trinajstić information content (AvgIpc) is 2.56. The van der Waals surface area contributed by atoms with Crippen molar-refractivity contribution in [3.8, 4) is 0 Å². The summed E-state index contributed by atoms with van der Waals surface area (Å²) in [5.41, 5.74) is 2.22. The predicted molar refractivity (Wildman–Crippen MR) is 56.8 cm³/mol. The highest BCUT2D eigenvalue weighted by Crippen LogP contribution is 2.20. The predicted octanol–water partition coefficient (Wildman–Crippen LogP) is 1.86. The van der Waals surface area contributed by atoms with Crippen molar-refractivity contribution in [3.63, 3.8) is 0 Å². The highest BCUT2D eigenvalue weighted by Gasteiger charge is 2.25. The number of nitrogens with one attached hydrogen (secondary N) is 1. The topological polar surface area (TPSA) is 41.5 Å². The van der Waals surface area contributed by atoms with E-state index >= 15 is 0 Å². The Morgan fingerprint density at radius 2 is 2.00 bits per heavy atom. The van der Waals surface area contributed by atoms with E-state index in [1.54, 1.807) is 0 Å². The first kappa shape index (κ1) is 12.0. The van der Waals surface area contributed by atoms with Crippen molar-refractivity contribution >= 4 is 0 Å². The van der Waals surface area contributed by atoms with Crippen LogP contribution in [0, 0.1) is 5.92 Å². The third kappa shape index (κ3) is 3.56. The smallest absolute Gasteiger partial charge is 0.0790 e. The normalized spacial score (nSPS) is 22.9. The van der Waals surface area contributed by atoms with Crippen molar-refractivity contribution in [2.45, 2.75) is 58.2 Å². The van der Waals surface area contributed by atoms with Gasteiger partial charge in [-0.25, -0.2) is 0 Å². The molecule has 0 bridgehead atoms. The lowest BCUT2D eigenvalue weighted by molar-refractivity contribution is -0.0729. The van der Waals surface area contributed by atoms with Gasteiger partial charge in [0.25, 0.3) is 0 Å². The molecule has 84 valence electrons. The zero-order chi connectivity index (χ0) is 10.6. The molecule has 0 radical (unpaired) electrons. The van der Waals surface area contributed by atoms with Gasteiger partial charge in [0.1, 0.15) is 0 Å². The molecule has 0 aromatic heterocycles. The Kier molecular flexibility index (Phi) is 4.35. The van der Waals surface area contributed by atoms with Crippen LogP contribution in [0.3, 0.4) is 0 Å². The van der Waals surface area contributed by atoms with Crippen LogP contribution < -0.4 is 5.48 Å². The van der Waals surface area contributed by atoms with Crippen LogP contribution in [0.25, 0.3) is 0 Å². The largest absolute Gasteiger partial charge is 0.388 e. The fourth-order valence-corrected chi connectivity index (χ4v) is 1.52. The Balaban J connectivity index is 2.13. The van der Waals surface area contributed by atoms with Gasteiger partial charge in [0.2, 0.25) is 0 Å². The minimum Gasteiger partial charge on any atom is -0.388 e. The Hall–Kier alpha value is -0.120. The molecular formula is C11H23NO2. The van der Waals surface area contributed by atoms with Crippen LogP contribution in [0.4, 0.5) is 0 Å². The van der Waals surface area contributed by atoms with Gasteiger partial charge in [-0.05, 0) is 25.7 Å². The molecule has 1 fully saturated rings. The molecule has 3 heteroatoms. The molecule has 2 N–H and O–H groups in total. The van der Waals surface area contributed by atoms with Crippen molar-refractivity contribution in [2.24, 2.45) is 5.92 Å². The molecule has 0 aromatic carbocycles. The van der Waals surface area contributed by atoms with Crippen molar-refractivity contribution in [3.05, 3.63) is 0 Å². The molecule has 1 saturated carbocycles. The van der Waals surface area contributed by atoms with E-state index in [9.17, 15) is 5.11 Å². The summed E-state index contributed by atoms with van der Waals surface area (Å²) in [5.74, 6) is 0.238. The quantitative estimate of drug-likeness (QED) is 0.667. The molecule has 3 nitrogen and oxygen atoms in total. The lowest BCUT2D eigenvalue weighted by Gasteiger charge is -2.28. The highest BCUT2D eigenvalue weighted by atomic mass is 16.7. The van der Waals surface area contributed by atoms with Crippen molar-refractivity contribution in [2.75, 3.05) is 6.54 Å². The molecular weight excluding hydrogens is 178 g/mol. The van der Waals surface area contributed by atoms with Crippen LogP contribution in [0.2, 0.25) is 0 Å². The van der Waals surface area contributed by atoms with Crippen LogP contribution >= 0.6 is 0 Å².